The molecular weight excluding hydrogens is 359 g/mol. The summed E-state index contributed by atoms with van der Waals surface area (Å²) in [5, 5.41) is 13.1. The monoisotopic (exact) mass is 380 g/mol. The summed E-state index contributed by atoms with van der Waals surface area (Å²) in [6, 6.07) is 5.27. The van der Waals surface area contributed by atoms with Gasteiger partial charge in [0, 0.05) is 44.2 Å². The standard InChI is InChI=1S/C15H22BrFN2O.ClH/c1-15(2,10-20)14(19-7-5-18-6-8-19)11-3-4-12(16)13(17)9-11;/h3-4,9,14,18,20H,5-8,10H2,1-2H3;1H/t14-;/m1./s1. The maximum Gasteiger partial charge on any atom is 0.137 e. The van der Waals surface area contributed by atoms with Crippen LogP contribution in [0.3, 0.4) is 0 Å². The molecule has 0 radical (unpaired) electrons. The molecule has 1 aromatic rings. The van der Waals surface area contributed by atoms with Crippen LogP contribution in [0.1, 0.15) is 25.5 Å². The molecule has 0 saturated carbocycles. The summed E-state index contributed by atoms with van der Waals surface area (Å²) in [6.45, 7) is 7.80. The number of hydrogen-bond donors (Lipinski definition) is 2. The quantitative estimate of drug-likeness (QED) is 0.842. The Morgan fingerprint density at radius 1 is 1.38 bits per heavy atom. The van der Waals surface area contributed by atoms with Crippen molar-refractivity contribution in [1.82, 2.24) is 10.2 Å². The molecule has 3 nitrogen and oxygen atoms in total. The van der Waals surface area contributed by atoms with Crippen molar-refractivity contribution in [3.8, 4) is 0 Å². The van der Waals surface area contributed by atoms with Gasteiger partial charge in [0.2, 0.25) is 0 Å². The molecule has 0 aliphatic carbocycles. The first kappa shape index (κ1) is 18.8. The number of nitrogens with zero attached hydrogens (tertiary/aromatic N) is 1. The van der Waals surface area contributed by atoms with Crippen LogP contribution in [0.2, 0.25) is 0 Å². The third-order valence-electron chi connectivity index (χ3n) is 3.92. The summed E-state index contributed by atoms with van der Waals surface area (Å²) >= 11 is 3.19. The number of piperazine rings is 1. The van der Waals surface area contributed by atoms with E-state index in [9.17, 15) is 9.50 Å². The van der Waals surface area contributed by atoms with Gasteiger partial charge in [-0.1, -0.05) is 19.9 Å². The van der Waals surface area contributed by atoms with E-state index in [4.69, 9.17) is 0 Å². The molecule has 1 aromatic carbocycles. The number of rotatable bonds is 4. The van der Waals surface area contributed by atoms with Crippen LogP contribution in [0.15, 0.2) is 22.7 Å². The Hall–Kier alpha value is -0.200. The number of halogens is 3. The lowest BCUT2D eigenvalue weighted by molar-refractivity contribution is 0.0304. The lowest BCUT2D eigenvalue weighted by Crippen LogP contribution is -2.49. The van der Waals surface area contributed by atoms with Gasteiger partial charge >= 0.3 is 0 Å². The van der Waals surface area contributed by atoms with Crippen molar-refractivity contribution in [1.29, 1.82) is 0 Å². The third kappa shape index (κ3) is 4.39. The Kier molecular flexibility index (Phi) is 7.07. The van der Waals surface area contributed by atoms with Gasteiger partial charge in [-0.25, -0.2) is 4.39 Å². The van der Waals surface area contributed by atoms with E-state index in [0.29, 0.717) is 4.47 Å². The second-order valence-corrected chi connectivity index (χ2v) is 6.86. The third-order valence-corrected chi connectivity index (χ3v) is 4.57. The van der Waals surface area contributed by atoms with E-state index in [1.807, 2.05) is 19.9 Å². The smallest absolute Gasteiger partial charge is 0.137 e. The van der Waals surface area contributed by atoms with Crippen molar-refractivity contribution in [2.75, 3.05) is 32.8 Å². The van der Waals surface area contributed by atoms with Crippen LogP contribution >= 0.6 is 28.3 Å². The fourth-order valence-corrected chi connectivity index (χ4v) is 3.11. The zero-order chi connectivity index (χ0) is 14.8. The minimum absolute atomic E-state index is 0. The fourth-order valence-electron chi connectivity index (χ4n) is 2.87. The highest BCUT2D eigenvalue weighted by molar-refractivity contribution is 9.10. The predicted molar refractivity (Wildman–Crippen MR) is 89.4 cm³/mol. The summed E-state index contributed by atoms with van der Waals surface area (Å²) < 4.78 is 14.3. The summed E-state index contributed by atoms with van der Waals surface area (Å²) in [4.78, 5) is 2.33. The lowest BCUT2D eigenvalue weighted by atomic mass is 9.79. The molecule has 2 N–H and O–H groups in total. The van der Waals surface area contributed by atoms with Gasteiger partial charge in [0.1, 0.15) is 5.82 Å². The van der Waals surface area contributed by atoms with Crippen LogP contribution in [0.25, 0.3) is 0 Å². The van der Waals surface area contributed by atoms with Crippen LogP contribution < -0.4 is 5.32 Å². The molecule has 2 rings (SSSR count). The van der Waals surface area contributed by atoms with Gasteiger partial charge in [0.15, 0.2) is 0 Å². The van der Waals surface area contributed by atoms with Crippen LogP contribution in [-0.2, 0) is 0 Å². The first-order chi connectivity index (χ1) is 9.45. The first-order valence-corrected chi connectivity index (χ1v) is 7.75. The zero-order valence-electron chi connectivity index (χ0n) is 12.4. The number of nitrogens with one attached hydrogen (secondary N) is 1. The molecule has 1 aliphatic heterocycles. The molecule has 1 atom stereocenters. The van der Waals surface area contributed by atoms with E-state index in [-0.39, 0.29) is 36.3 Å². The van der Waals surface area contributed by atoms with Gasteiger partial charge in [-0.15, -0.1) is 12.4 Å². The predicted octanol–water partition coefficient (Wildman–Crippen LogP) is 2.97. The van der Waals surface area contributed by atoms with Gasteiger partial charge in [0.25, 0.3) is 0 Å². The largest absolute Gasteiger partial charge is 0.396 e. The first-order valence-electron chi connectivity index (χ1n) is 6.96. The van der Waals surface area contributed by atoms with Crippen molar-refractivity contribution in [3.05, 3.63) is 34.1 Å². The number of aliphatic hydroxyl groups excluding tert-OH is 1. The Labute approximate surface area is 140 Å². The molecule has 1 fully saturated rings. The Bertz CT molecular complexity index is 467. The molecule has 120 valence electrons. The van der Waals surface area contributed by atoms with E-state index < -0.39 is 0 Å². The van der Waals surface area contributed by atoms with Crippen molar-refractivity contribution < 1.29 is 9.50 Å². The zero-order valence-corrected chi connectivity index (χ0v) is 14.8. The second kappa shape index (κ2) is 7.88. The molecular formula is C15H23BrClFN2O. The van der Waals surface area contributed by atoms with Crippen molar-refractivity contribution in [2.24, 2.45) is 5.41 Å². The number of aliphatic hydroxyl groups is 1. The van der Waals surface area contributed by atoms with Crippen molar-refractivity contribution >= 4 is 28.3 Å². The van der Waals surface area contributed by atoms with Gasteiger partial charge in [-0.3, -0.25) is 4.90 Å². The normalized spacial score (nSPS) is 18.1. The van der Waals surface area contributed by atoms with E-state index in [2.05, 4.69) is 26.1 Å². The Balaban J connectivity index is 0.00000220. The highest BCUT2D eigenvalue weighted by Crippen LogP contribution is 2.39. The molecule has 0 bridgehead atoms. The SMILES string of the molecule is CC(C)(CO)[C@@H](c1ccc(Br)c(F)c1)N1CCNCC1.Cl. The maximum absolute atomic E-state index is 13.9. The van der Waals surface area contributed by atoms with Gasteiger partial charge in [-0.2, -0.15) is 0 Å². The van der Waals surface area contributed by atoms with Crippen LogP contribution in [0, 0.1) is 11.2 Å². The Morgan fingerprint density at radius 3 is 2.52 bits per heavy atom. The highest BCUT2D eigenvalue weighted by atomic mass is 79.9. The summed E-state index contributed by atoms with van der Waals surface area (Å²) in [5.74, 6) is -0.253. The average molecular weight is 382 g/mol. The van der Waals surface area contributed by atoms with E-state index >= 15 is 0 Å². The lowest BCUT2D eigenvalue weighted by Gasteiger charge is -2.43. The van der Waals surface area contributed by atoms with Gasteiger partial charge in [0.05, 0.1) is 4.47 Å². The summed E-state index contributed by atoms with van der Waals surface area (Å²) in [6.07, 6.45) is 0. The van der Waals surface area contributed by atoms with Crippen molar-refractivity contribution in [2.45, 2.75) is 19.9 Å². The second-order valence-electron chi connectivity index (χ2n) is 6.01. The van der Waals surface area contributed by atoms with Crippen LogP contribution in [0.5, 0.6) is 0 Å². The molecule has 0 aromatic heterocycles. The van der Waals surface area contributed by atoms with Crippen LogP contribution in [-0.4, -0.2) is 42.8 Å². The number of benzene rings is 1. The molecule has 0 amide bonds. The molecule has 1 saturated heterocycles. The molecule has 21 heavy (non-hydrogen) atoms. The minimum Gasteiger partial charge on any atom is -0.396 e. The van der Waals surface area contributed by atoms with Crippen LogP contribution in [0.4, 0.5) is 4.39 Å². The summed E-state index contributed by atoms with van der Waals surface area (Å²) in [7, 11) is 0. The van der Waals surface area contributed by atoms with E-state index in [1.54, 1.807) is 12.1 Å². The van der Waals surface area contributed by atoms with Gasteiger partial charge in [-0.05, 0) is 33.6 Å². The fraction of sp³-hybridized carbons (Fsp3) is 0.600. The molecule has 0 unspecified atom stereocenters. The van der Waals surface area contributed by atoms with Gasteiger partial charge < -0.3 is 10.4 Å². The molecule has 1 aliphatic rings. The minimum atomic E-state index is -0.322. The molecule has 0 spiro atoms. The molecule has 6 heteroatoms. The summed E-state index contributed by atoms with van der Waals surface area (Å²) in [5.41, 5.74) is 0.601. The average Bonchev–Trinajstić information content (AvgIpc) is 2.44. The van der Waals surface area contributed by atoms with E-state index in [0.717, 1.165) is 31.7 Å². The number of hydrogen-bond acceptors (Lipinski definition) is 3. The van der Waals surface area contributed by atoms with E-state index in [1.165, 1.54) is 0 Å². The molecule has 1 heterocycles. The maximum atomic E-state index is 13.9. The highest BCUT2D eigenvalue weighted by Gasteiger charge is 2.35. The Morgan fingerprint density at radius 2 is 2.00 bits per heavy atom. The topological polar surface area (TPSA) is 35.5 Å². The van der Waals surface area contributed by atoms with Crippen molar-refractivity contribution in [3.63, 3.8) is 0 Å².